The first-order valence-corrected chi connectivity index (χ1v) is 9.54. The molecule has 1 amide bonds. The lowest BCUT2D eigenvalue weighted by Gasteiger charge is -2.34. The number of halogens is 1. The van der Waals surface area contributed by atoms with E-state index in [2.05, 4.69) is 10.2 Å². The minimum Gasteiger partial charge on any atom is -0.489 e. The molecular weight excluding hydrogens is 340 g/mol. The van der Waals surface area contributed by atoms with E-state index in [1.54, 1.807) is 12.1 Å². The zero-order chi connectivity index (χ0) is 17.6. The number of ether oxygens (including phenoxy) is 2. The van der Waals surface area contributed by atoms with Crippen LogP contribution in [-0.4, -0.2) is 55.3 Å². The van der Waals surface area contributed by atoms with Crippen LogP contribution in [0.1, 0.15) is 32.6 Å². The van der Waals surface area contributed by atoms with Crippen molar-refractivity contribution in [2.45, 2.75) is 50.8 Å². The molecule has 0 aromatic heterocycles. The number of rotatable bonds is 6. The normalized spacial score (nSPS) is 23.4. The molecule has 2 fully saturated rings. The molecule has 1 unspecified atom stereocenters. The fourth-order valence-corrected chi connectivity index (χ4v) is 3.80. The lowest BCUT2D eigenvalue weighted by atomic mass is 10.1. The van der Waals surface area contributed by atoms with Gasteiger partial charge in [-0.2, -0.15) is 0 Å². The fourth-order valence-electron chi connectivity index (χ4n) is 3.67. The van der Waals surface area contributed by atoms with Crippen molar-refractivity contribution in [3.8, 4) is 5.75 Å². The van der Waals surface area contributed by atoms with Crippen LogP contribution >= 0.6 is 11.6 Å². The summed E-state index contributed by atoms with van der Waals surface area (Å²) in [4.78, 5) is 15.0. The molecule has 1 N–H and O–H groups in total. The van der Waals surface area contributed by atoms with Crippen molar-refractivity contribution < 1.29 is 14.3 Å². The summed E-state index contributed by atoms with van der Waals surface area (Å²) in [5.74, 6) is 0.881. The number of nitrogens with zero attached hydrogens (tertiary/aromatic N) is 1. The molecular formula is C19H27ClN2O3. The summed E-state index contributed by atoms with van der Waals surface area (Å²) < 4.78 is 11.3. The molecule has 0 saturated carbocycles. The molecule has 2 aliphatic rings. The highest BCUT2D eigenvalue weighted by molar-refractivity contribution is 6.30. The summed E-state index contributed by atoms with van der Waals surface area (Å²) in [6.07, 6.45) is 3.99. The Hall–Kier alpha value is -1.30. The van der Waals surface area contributed by atoms with E-state index in [0.717, 1.165) is 51.2 Å². The van der Waals surface area contributed by atoms with E-state index in [1.807, 2.05) is 19.1 Å². The molecule has 0 radical (unpaired) electrons. The maximum absolute atomic E-state index is 12.6. The number of likely N-dealkylation sites (tertiary alicyclic amines) is 1. The Balaban J connectivity index is 1.46. The minimum absolute atomic E-state index is 0.00849. The Labute approximate surface area is 154 Å². The molecule has 6 heteroatoms. The van der Waals surface area contributed by atoms with Crippen LogP contribution in [0.25, 0.3) is 0 Å². The lowest BCUT2D eigenvalue weighted by molar-refractivity contribution is -0.127. The monoisotopic (exact) mass is 366 g/mol. The van der Waals surface area contributed by atoms with E-state index < -0.39 is 0 Å². The van der Waals surface area contributed by atoms with E-state index in [1.165, 1.54) is 0 Å². The Morgan fingerprint density at radius 3 is 2.76 bits per heavy atom. The molecule has 2 heterocycles. The maximum Gasteiger partial charge on any atom is 0.237 e. The van der Waals surface area contributed by atoms with Gasteiger partial charge >= 0.3 is 0 Å². The number of amides is 1. The number of benzene rings is 1. The summed E-state index contributed by atoms with van der Waals surface area (Å²) >= 11 is 5.88. The lowest BCUT2D eigenvalue weighted by Crippen LogP contribution is -2.50. The van der Waals surface area contributed by atoms with Gasteiger partial charge in [0.1, 0.15) is 11.9 Å². The van der Waals surface area contributed by atoms with Gasteiger partial charge in [-0.25, -0.2) is 0 Å². The zero-order valence-electron chi connectivity index (χ0n) is 14.7. The third kappa shape index (κ3) is 5.09. The highest BCUT2D eigenvalue weighted by Crippen LogP contribution is 2.25. The summed E-state index contributed by atoms with van der Waals surface area (Å²) in [5, 5.41) is 3.75. The average Bonchev–Trinajstić information content (AvgIpc) is 3.12. The molecule has 0 spiro atoms. The van der Waals surface area contributed by atoms with Crippen LogP contribution in [0.4, 0.5) is 0 Å². The second kappa shape index (κ2) is 8.88. The number of carbonyl (C=O) groups excluding carboxylic acids is 1. The Bertz CT molecular complexity index is 560. The van der Waals surface area contributed by atoms with E-state index in [9.17, 15) is 4.79 Å². The number of nitrogens with one attached hydrogen (secondary N) is 1. The molecule has 25 heavy (non-hydrogen) atoms. The van der Waals surface area contributed by atoms with Gasteiger partial charge in [0, 0.05) is 24.3 Å². The van der Waals surface area contributed by atoms with Gasteiger partial charge in [-0.1, -0.05) is 11.6 Å². The first kappa shape index (κ1) is 18.5. The molecule has 5 nitrogen and oxygen atoms in total. The molecule has 3 rings (SSSR count). The van der Waals surface area contributed by atoms with Crippen molar-refractivity contribution in [3.05, 3.63) is 29.3 Å². The average molecular weight is 367 g/mol. The number of hydrogen-bond donors (Lipinski definition) is 1. The topological polar surface area (TPSA) is 50.8 Å². The van der Waals surface area contributed by atoms with Gasteiger partial charge in [-0.3, -0.25) is 9.69 Å². The molecule has 1 aromatic rings. The van der Waals surface area contributed by atoms with Gasteiger partial charge in [0.2, 0.25) is 5.91 Å². The largest absolute Gasteiger partial charge is 0.489 e. The molecule has 138 valence electrons. The third-order valence-corrected chi connectivity index (χ3v) is 5.22. The number of carbonyl (C=O) groups is 1. The van der Waals surface area contributed by atoms with Crippen LogP contribution in [0.15, 0.2) is 24.3 Å². The molecule has 2 saturated heterocycles. The van der Waals surface area contributed by atoms with Gasteiger partial charge < -0.3 is 14.8 Å². The van der Waals surface area contributed by atoms with Crippen molar-refractivity contribution in [1.82, 2.24) is 10.2 Å². The molecule has 1 aromatic carbocycles. The van der Waals surface area contributed by atoms with Crippen molar-refractivity contribution in [1.29, 1.82) is 0 Å². The van der Waals surface area contributed by atoms with E-state index in [4.69, 9.17) is 21.1 Å². The molecule has 0 bridgehead atoms. The standard InChI is InChI=1S/C19H27ClN2O3/c1-14(25-17-6-4-15(20)5-7-17)13-21-19(23)18-3-2-10-22(18)16-8-11-24-12-9-16/h4-7,14,16,18H,2-3,8-13H2,1H3,(H,21,23)/t14-,18?/m0/s1. The van der Waals surface area contributed by atoms with E-state index in [-0.39, 0.29) is 18.1 Å². The van der Waals surface area contributed by atoms with Crippen LogP contribution in [-0.2, 0) is 9.53 Å². The predicted molar refractivity (Wildman–Crippen MR) is 98.1 cm³/mol. The Kier molecular flexibility index (Phi) is 6.57. The predicted octanol–water partition coefficient (Wildman–Crippen LogP) is 2.87. The second-order valence-electron chi connectivity index (χ2n) is 6.87. The van der Waals surface area contributed by atoms with Crippen molar-refractivity contribution in [2.75, 3.05) is 26.3 Å². The van der Waals surface area contributed by atoms with Gasteiger partial charge in [0.05, 0.1) is 12.6 Å². The van der Waals surface area contributed by atoms with Crippen LogP contribution in [0.3, 0.4) is 0 Å². The van der Waals surface area contributed by atoms with Crippen LogP contribution in [0.5, 0.6) is 5.75 Å². The third-order valence-electron chi connectivity index (χ3n) is 4.97. The highest BCUT2D eigenvalue weighted by Gasteiger charge is 2.35. The number of hydrogen-bond acceptors (Lipinski definition) is 4. The zero-order valence-corrected chi connectivity index (χ0v) is 15.5. The van der Waals surface area contributed by atoms with E-state index >= 15 is 0 Å². The van der Waals surface area contributed by atoms with Crippen molar-refractivity contribution >= 4 is 17.5 Å². The first-order valence-electron chi connectivity index (χ1n) is 9.17. The first-order chi connectivity index (χ1) is 12.1. The van der Waals surface area contributed by atoms with Gasteiger partial charge in [-0.15, -0.1) is 0 Å². The van der Waals surface area contributed by atoms with E-state index in [0.29, 0.717) is 17.6 Å². The van der Waals surface area contributed by atoms with Crippen molar-refractivity contribution in [2.24, 2.45) is 0 Å². The molecule has 0 aliphatic carbocycles. The summed E-state index contributed by atoms with van der Waals surface area (Å²) in [7, 11) is 0. The summed E-state index contributed by atoms with van der Waals surface area (Å²) in [6.45, 7) is 5.09. The van der Waals surface area contributed by atoms with Gasteiger partial charge in [0.25, 0.3) is 0 Å². The maximum atomic E-state index is 12.6. The molecule has 2 atom stereocenters. The van der Waals surface area contributed by atoms with Crippen LogP contribution in [0, 0.1) is 0 Å². The molecule has 2 aliphatic heterocycles. The van der Waals surface area contributed by atoms with Crippen LogP contribution < -0.4 is 10.1 Å². The summed E-state index contributed by atoms with van der Waals surface area (Å²) in [5.41, 5.74) is 0. The van der Waals surface area contributed by atoms with Crippen LogP contribution in [0.2, 0.25) is 5.02 Å². The smallest absolute Gasteiger partial charge is 0.237 e. The van der Waals surface area contributed by atoms with Gasteiger partial charge in [-0.05, 0) is 63.4 Å². The van der Waals surface area contributed by atoms with Gasteiger partial charge in [0.15, 0.2) is 0 Å². The quantitative estimate of drug-likeness (QED) is 0.841. The summed E-state index contributed by atoms with van der Waals surface area (Å²) in [6, 6.07) is 7.74. The Morgan fingerprint density at radius 1 is 1.32 bits per heavy atom. The highest BCUT2D eigenvalue weighted by atomic mass is 35.5. The minimum atomic E-state index is -0.0944. The SMILES string of the molecule is C[C@@H](CNC(=O)C1CCCN1C1CCOCC1)Oc1ccc(Cl)cc1. The fraction of sp³-hybridized carbons (Fsp3) is 0.632. The van der Waals surface area contributed by atoms with Crippen molar-refractivity contribution in [3.63, 3.8) is 0 Å². The Morgan fingerprint density at radius 2 is 2.04 bits per heavy atom. The second-order valence-corrected chi connectivity index (χ2v) is 7.30.